The van der Waals surface area contributed by atoms with Gasteiger partial charge in [-0.25, -0.2) is 4.68 Å². The first-order valence-electron chi connectivity index (χ1n) is 7.77. The molecule has 0 bridgehead atoms. The van der Waals surface area contributed by atoms with Crippen molar-refractivity contribution in [1.29, 1.82) is 0 Å². The second-order valence-corrected chi connectivity index (χ2v) is 6.47. The average molecular weight is 342 g/mol. The normalized spacial score (nSPS) is 10.9. The van der Waals surface area contributed by atoms with Crippen LogP contribution in [0.4, 0.5) is 0 Å². The lowest BCUT2D eigenvalue weighted by Crippen LogP contribution is -2.26. The number of aromatic nitrogens is 3. The first-order chi connectivity index (χ1) is 11.6. The third-order valence-corrected chi connectivity index (χ3v) is 4.73. The molecule has 6 nitrogen and oxygen atoms in total. The van der Waals surface area contributed by atoms with Gasteiger partial charge in [-0.3, -0.25) is 9.59 Å². The van der Waals surface area contributed by atoms with Gasteiger partial charge in [0.25, 0.3) is 0 Å². The van der Waals surface area contributed by atoms with Crippen molar-refractivity contribution in [1.82, 2.24) is 20.3 Å². The van der Waals surface area contributed by atoms with Crippen LogP contribution in [0.15, 0.2) is 35.7 Å². The van der Waals surface area contributed by atoms with E-state index in [1.807, 2.05) is 34.3 Å². The van der Waals surface area contributed by atoms with Crippen LogP contribution >= 0.6 is 11.3 Å². The summed E-state index contributed by atoms with van der Waals surface area (Å²) in [6, 6.07) is 9.59. The van der Waals surface area contributed by atoms with Gasteiger partial charge in [0, 0.05) is 13.1 Å². The molecule has 3 rings (SSSR count). The molecule has 24 heavy (non-hydrogen) atoms. The molecule has 0 radical (unpaired) electrons. The number of carbonyl (C=O) groups is 2. The SMILES string of the molecule is CC(=O)c1cc(CC(=O)NCCCn2nnc3ccccc32)cs1. The Labute approximate surface area is 143 Å². The molecule has 0 fully saturated rings. The van der Waals surface area contributed by atoms with Crippen molar-refractivity contribution in [2.24, 2.45) is 0 Å². The van der Waals surface area contributed by atoms with Crippen LogP contribution in [0.25, 0.3) is 11.0 Å². The molecule has 1 amide bonds. The fraction of sp³-hybridized carbons (Fsp3) is 0.294. The van der Waals surface area contributed by atoms with Crippen LogP contribution in [0.2, 0.25) is 0 Å². The Balaban J connectivity index is 1.44. The monoisotopic (exact) mass is 342 g/mol. The predicted octanol–water partition coefficient (Wildman–Crippen LogP) is 2.44. The molecular formula is C17H18N4O2S. The maximum atomic E-state index is 11.9. The lowest BCUT2D eigenvalue weighted by atomic mass is 10.2. The minimum Gasteiger partial charge on any atom is -0.356 e. The summed E-state index contributed by atoms with van der Waals surface area (Å²) in [5.74, 6) is -0.00179. The Morgan fingerprint density at radius 3 is 2.92 bits per heavy atom. The van der Waals surface area contributed by atoms with Crippen molar-refractivity contribution in [3.05, 3.63) is 46.2 Å². The highest BCUT2D eigenvalue weighted by atomic mass is 32.1. The number of para-hydroxylation sites is 1. The molecule has 0 saturated carbocycles. The van der Waals surface area contributed by atoms with Crippen molar-refractivity contribution in [2.75, 3.05) is 6.54 Å². The summed E-state index contributed by atoms with van der Waals surface area (Å²) in [4.78, 5) is 23.9. The standard InChI is InChI=1S/C17H18N4O2S/c1-12(22)16-9-13(11-24-16)10-17(23)18-7-4-8-21-15-6-3-2-5-14(15)19-20-21/h2-3,5-6,9,11H,4,7-8,10H2,1H3,(H,18,23). The van der Waals surface area contributed by atoms with Crippen LogP contribution in [0, 0.1) is 0 Å². The van der Waals surface area contributed by atoms with Gasteiger partial charge in [0.2, 0.25) is 5.91 Å². The number of benzene rings is 1. The van der Waals surface area contributed by atoms with Gasteiger partial charge in [-0.1, -0.05) is 17.3 Å². The molecule has 3 aromatic rings. The summed E-state index contributed by atoms with van der Waals surface area (Å²) in [5.41, 5.74) is 2.75. The van der Waals surface area contributed by atoms with E-state index in [9.17, 15) is 9.59 Å². The highest BCUT2D eigenvalue weighted by Crippen LogP contribution is 2.15. The maximum Gasteiger partial charge on any atom is 0.224 e. The smallest absolute Gasteiger partial charge is 0.224 e. The summed E-state index contributed by atoms with van der Waals surface area (Å²) >= 11 is 1.38. The van der Waals surface area contributed by atoms with E-state index in [-0.39, 0.29) is 11.7 Å². The average Bonchev–Trinajstić information content (AvgIpc) is 3.19. The first-order valence-corrected chi connectivity index (χ1v) is 8.65. The van der Waals surface area contributed by atoms with E-state index in [4.69, 9.17) is 0 Å². The number of fused-ring (bicyclic) bond motifs is 1. The number of carbonyl (C=O) groups excluding carboxylic acids is 2. The fourth-order valence-electron chi connectivity index (χ4n) is 2.44. The molecule has 2 heterocycles. The van der Waals surface area contributed by atoms with E-state index < -0.39 is 0 Å². The largest absolute Gasteiger partial charge is 0.356 e. The summed E-state index contributed by atoms with van der Waals surface area (Å²) in [5, 5.41) is 13.0. The predicted molar refractivity (Wildman–Crippen MR) is 93.2 cm³/mol. The summed E-state index contributed by atoms with van der Waals surface area (Å²) < 4.78 is 1.85. The van der Waals surface area contributed by atoms with Gasteiger partial charge in [-0.05, 0) is 42.5 Å². The number of hydrogen-bond donors (Lipinski definition) is 1. The van der Waals surface area contributed by atoms with E-state index in [2.05, 4.69) is 15.6 Å². The van der Waals surface area contributed by atoms with E-state index in [0.717, 1.165) is 23.0 Å². The molecule has 7 heteroatoms. The van der Waals surface area contributed by atoms with Gasteiger partial charge in [0.15, 0.2) is 5.78 Å². The number of aryl methyl sites for hydroxylation is 1. The summed E-state index contributed by atoms with van der Waals surface area (Å²) in [7, 11) is 0. The first kappa shape index (κ1) is 16.3. The Morgan fingerprint density at radius 2 is 2.12 bits per heavy atom. The minimum absolute atomic E-state index is 0.0340. The van der Waals surface area contributed by atoms with Crippen LogP contribution in [-0.2, 0) is 17.8 Å². The third-order valence-electron chi connectivity index (χ3n) is 3.65. The molecule has 2 aromatic heterocycles. The number of ketones is 1. The number of nitrogens with zero attached hydrogens (tertiary/aromatic N) is 3. The summed E-state index contributed by atoms with van der Waals surface area (Å²) in [6.07, 6.45) is 1.08. The zero-order valence-corrected chi connectivity index (χ0v) is 14.2. The zero-order chi connectivity index (χ0) is 16.9. The highest BCUT2D eigenvalue weighted by molar-refractivity contribution is 7.12. The number of thiophene rings is 1. The lowest BCUT2D eigenvalue weighted by Gasteiger charge is -2.05. The highest BCUT2D eigenvalue weighted by Gasteiger charge is 2.08. The number of rotatable bonds is 7. The van der Waals surface area contributed by atoms with Crippen molar-refractivity contribution in [3.8, 4) is 0 Å². The van der Waals surface area contributed by atoms with Gasteiger partial charge >= 0.3 is 0 Å². The second-order valence-electron chi connectivity index (χ2n) is 5.56. The van der Waals surface area contributed by atoms with Crippen molar-refractivity contribution in [3.63, 3.8) is 0 Å². The van der Waals surface area contributed by atoms with Crippen molar-refractivity contribution >= 4 is 34.1 Å². The molecule has 1 aromatic carbocycles. The van der Waals surface area contributed by atoms with Gasteiger partial charge in [-0.15, -0.1) is 16.4 Å². The quantitative estimate of drug-likeness (QED) is 0.528. The number of amides is 1. The van der Waals surface area contributed by atoms with Crippen molar-refractivity contribution < 1.29 is 9.59 Å². The van der Waals surface area contributed by atoms with E-state index in [1.54, 1.807) is 6.07 Å². The molecule has 0 unspecified atom stereocenters. The van der Waals surface area contributed by atoms with Crippen LogP contribution < -0.4 is 5.32 Å². The van der Waals surface area contributed by atoms with Crippen LogP contribution in [0.5, 0.6) is 0 Å². The van der Waals surface area contributed by atoms with Gasteiger partial charge in [0.05, 0.1) is 16.8 Å². The van der Waals surface area contributed by atoms with E-state index >= 15 is 0 Å². The molecule has 1 N–H and O–H groups in total. The zero-order valence-electron chi connectivity index (χ0n) is 13.4. The fourth-order valence-corrected chi connectivity index (χ4v) is 3.26. The van der Waals surface area contributed by atoms with Gasteiger partial charge < -0.3 is 5.32 Å². The molecule has 0 aliphatic rings. The summed E-state index contributed by atoms with van der Waals surface area (Å²) in [6.45, 7) is 2.81. The Bertz CT molecular complexity index is 868. The van der Waals surface area contributed by atoms with Crippen molar-refractivity contribution in [2.45, 2.75) is 26.3 Å². The van der Waals surface area contributed by atoms with E-state index in [1.165, 1.54) is 18.3 Å². The second kappa shape index (κ2) is 7.35. The van der Waals surface area contributed by atoms with Crippen LogP contribution in [0.3, 0.4) is 0 Å². The Hall–Kier alpha value is -2.54. The molecule has 0 aliphatic heterocycles. The van der Waals surface area contributed by atoms with E-state index in [0.29, 0.717) is 24.4 Å². The third kappa shape index (κ3) is 3.86. The molecule has 0 spiro atoms. The Morgan fingerprint density at radius 1 is 1.29 bits per heavy atom. The van der Waals surface area contributed by atoms with Gasteiger partial charge in [0.1, 0.15) is 5.52 Å². The number of nitrogens with one attached hydrogen (secondary N) is 1. The topological polar surface area (TPSA) is 76.9 Å². The number of Topliss-reactive ketones (excluding diaryl/α,β-unsaturated/α-hetero) is 1. The Kier molecular flexibility index (Phi) is 5.00. The molecular weight excluding hydrogens is 324 g/mol. The molecule has 0 saturated heterocycles. The molecule has 0 atom stereocenters. The number of hydrogen-bond acceptors (Lipinski definition) is 5. The van der Waals surface area contributed by atoms with Crippen LogP contribution in [-0.4, -0.2) is 33.2 Å². The van der Waals surface area contributed by atoms with Crippen LogP contribution in [0.1, 0.15) is 28.6 Å². The van der Waals surface area contributed by atoms with Gasteiger partial charge in [-0.2, -0.15) is 0 Å². The minimum atomic E-state index is -0.0358. The molecule has 0 aliphatic carbocycles. The maximum absolute atomic E-state index is 11.9. The molecule has 124 valence electrons. The lowest BCUT2D eigenvalue weighted by molar-refractivity contribution is -0.120.